The van der Waals surface area contributed by atoms with Gasteiger partial charge in [-0.2, -0.15) is 0 Å². The Morgan fingerprint density at radius 1 is 1.19 bits per heavy atom. The van der Waals surface area contributed by atoms with Crippen LogP contribution < -0.4 is 4.74 Å². The highest BCUT2D eigenvalue weighted by Crippen LogP contribution is 2.35. The molecule has 4 heteroatoms. The lowest BCUT2D eigenvalue weighted by atomic mass is 10.2. The van der Waals surface area contributed by atoms with Crippen LogP contribution in [0.15, 0.2) is 41.5 Å². The Morgan fingerprint density at radius 3 is 3.00 bits per heavy atom. The van der Waals surface area contributed by atoms with E-state index in [9.17, 15) is 0 Å². The van der Waals surface area contributed by atoms with Crippen molar-refractivity contribution >= 4 is 23.5 Å². The standard InChI is InChI=1S/C12H7ClN2O/c13-9-5-10-12(15-7-9)16-11-4-2-1-3-8(11)6-14-10/h1-7H. The number of hydrogen-bond acceptors (Lipinski definition) is 3. The number of hydrogen-bond donors (Lipinski definition) is 0. The number of halogens is 1. The quantitative estimate of drug-likeness (QED) is 0.592. The molecule has 0 radical (unpaired) electrons. The Hall–Kier alpha value is -1.87. The molecule has 1 aromatic carbocycles. The molecular formula is C12H7ClN2O. The molecule has 0 amide bonds. The first-order chi connectivity index (χ1) is 7.83. The van der Waals surface area contributed by atoms with Crippen molar-refractivity contribution in [1.82, 2.24) is 4.98 Å². The van der Waals surface area contributed by atoms with E-state index >= 15 is 0 Å². The van der Waals surface area contributed by atoms with Gasteiger partial charge in [-0.3, -0.25) is 4.99 Å². The summed E-state index contributed by atoms with van der Waals surface area (Å²) in [5.41, 5.74) is 1.57. The molecular weight excluding hydrogens is 224 g/mol. The number of ether oxygens (including phenoxy) is 1. The molecule has 78 valence electrons. The monoisotopic (exact) mass is 230 g/mol. The number of aromatic nitrogens is 1. The molecule has 1 aliphatic heterocycles. The summed E-state index contributed by atoms with van der Waals surface area (Å²) < 4.78 is 5.66. The zero-order valence-corrected chi connectivity index (χ0v) is 8.98. The van der Waals surface area contributed by atoms with Gasteiger partial charge in [-0.15, -0.1) is 0 Å². The summed E-state index contributed by atoms with van der Waals surface area (Å²) in [7, 11) is 0. The van der Waals surface area contributed by atoms with Crippen LogP contribution in [0.3, 0.4) is 0 Å². The van der Waals surface area contributed by atoms with E-state index in [-0.39, 0.29) is 0 Å². The fourth-order valence-electron chi connectivity index (χ4n) is 1.51. The smallest absolute Gasteiger partial charge is 0.245 e. The van der Waals surface area contributed by atoms with Crippen molar-refractivity contribution in [2.75, 3.05) is 0 Å². The largest absolute Gasteiger partial charge is 0.436 e. The zero-order valence-electron chi connectivity index (χ0n) is 8.22. The van der Waals surface area contributed by atoms with Gasteiger partial charge in [-0.05, 0) is 18.2 Å². The van der Waals surface area contributed by atoms with Gasteiger partial charge in [0, 0.05) is 18.0 Å². The summed E-state index contributed by atoms with van der Waals surface area (Å²) >= 11 is 5.85. The Labute approximate surface area is 97.4 Å². The minimum Gasteiger partial charge on any atom is -0.436 e. The van der Waals surface area contributed by atoms with Crippen LogP contribution in [0.2, 0.25) is 5.02 Å². The first kappa shape index (κ1) is 9.36. The molecule has 1 aromatic heterocycles. The maximum atomic E-state index is 5.85. The minimum absolute atomic E-state index is 0.477. The highest BCUT2D eigenvalue weighted by molar-refractivity contribution is 6.30. The SMILES string of the molecule is Clc1cnc2c(c1)N=Cc1ccccc1O2. The van der Waals surface area contributed by atoms with Crippen LogP contribution in [0.5, 0.6) is 11.6 Å². The van der Waals surface area contributed by atoms with Crippen molar-refractivity contribution < 1.29 is 4.74 Å². The zero-order chi connectivity index (χ0) is 11.0. The van der Waals surface area contributed by atoms with Crippen LogP contribution in [0, 0.1) is 0 Å². The van der Waals surface area contributed by atoms with Crippen LogP contribution in [0.1, 0.15) is 5.56 Å². The third-order valence-corrected chi connectivity index (χ3v) is 2.47. The first-order valence-electron chi connectivity index (χ1n) is 4.79. The second-order valence-corrected chi connectivity index (χ2v) is 3.81. The number of nitrogens with zero attached hydrogens (tertiary/aromatic N) is 2. The fourth-order valence-corrected chi connectivity index (χ4v) is 1.66. The van der Waals surface area contributed by atoms with Gasteiger partial charge in [0.1, 0.15) is 11.4 Å². The molecule has 0 unspecified atom stereocenters. The number of aliphatic imine (C=N–C) groups is 1. The molecule has 3 nitrogen and oxygen atoms in total. The van der Waals surface area contributed by atoms with E-state index < -0.39 is 0 Å². The van der Waals surface area contributed by atoms with E-state index in [1.807, 2.05) is 24.3 Å². The van der Waals surface area contributed by atoms with Gasteiger partial charge in [-0.25, -0.2) is 4.98 Å². The summed E-state index contributed by atoms with van der Waals surface area (Å²) in [6, 6.07) is 9.39. The average Bonchev–Trinajstić information content (AvgIpc) is 2.48. The van der Waals surface area contributed by atoms with Crippen molar-refractivity contribution in [2.45, 2.75) is 0 Å². The Bertz CT molecular complexity index is 581. The molecule has 2 aromatic rings. The van der Waals surface area contributed by atoms with E-state index in [0.717, 1.165) is 11.3 Å². The lowest BCUT2D eigenvalue weighted by Gasteiger charge is -2.05. The van der Waals surface area contributed by atoms with E-state index in [0.29, 0.717) is 16.6 Å². The predicted molar refractivity (Wildman–Crippen MR) is 63.0 cm³/mol. The van der Waals surface area contributed by atoms with Gasteiger partial charge in [0.25, 0.3) is 0 Å². The summed E-state index contributed by atoms with van der Waals surface area (Å²) in [5, 5.41) is 0.547. The van der Waals surface area contributed by atoms with Crippen LogP contribution >= 0.6 is 11.6 Å². The molecule has 2 heterocycles. The van der Waals surface area contributed by atoms with E-state index in [4.69, 9.17) is 16.3 Å². The topological polar surface area (TPSA) is 34.5 Å². The number of para-hydroxylation sites is 1. The molecule has 0 aliphatic carbocycles. The van der Waals surface area contributed by atoms with Crippen molar-refractivity contribution in [3.05, 3.63) is 47.1 Å². The van der Waals surface area contributed by atoms with Crippen LogP contribution in [0.25, 0.3) is 0 Å². The average molecular weight is 231 g/mol. The molecule has 3 rings (SSSR count). The molecule has 1 aliphatic rings. The van der Waals surface area contributed by atoms with E-state index in [1.54, 1.807) is 18.5 Å². The van der Waals surface area contributed by atoms with Gasteiger partial charge in [0.15, 0.2) is 0 Å². The normalized spacial score (nSPS) is 12.3. The lowest BCUT2D eigenvalue weighted by molar-refractivity contribution is 0.465. The lowest BCUT2D eigenvalue weighted by Crippen LogP contribution is -1.89. The fraction of sp³-hybridized carbons (Fsp3) is 0. The predicted octanol–water partition coefficient (Wildman–Crippen LogP) is 3.59. The number of rotatable bonds is 0. The van der Waals surface area contributed by atoms with Crippen molar-refractivity contribution in [3.63, 3.8) is 0 Å². The Balaban J connectivity index is 2.17. The van der Waals surface area contributed by atoms with Crippen LogP contribution in [-0.2, 0) is 0 Å². The molecule has 0 bridgehead atoms. The first-order valence-corrected chi connectivity index (χ1v) is 5.17. The maximum absolute atomic E-state index is 5.85. The minimum atomic E-state index is 0.477. The van der Waals surface area contributed by atoms with E-state index in [1.165, 1.54) is 0 Å². The van der Waals surface area contributed by atoms with Gasteiger partial charge in [-0.1, -0.05) is 23.7 Å². The van der Waals surface area contributed by atoms with Crippen LogP contribution in [-0.4, -0.2) is 11.2 Å². The number of benzene rings is 1. The second kappa shape index (κ2) is 3.61. The van der Waals surface area contributed by atoms with Crippen molar-refractivity contribution in [3.8, 4) is 11.6 Å². The highest BCUT2D eigenvalue weighted by Gasteiger charge is 2.12. The molecule has 0 spiro atoms. The third kappa shape index (κ3) is 1.55. The van der Waals surface area contributed by atoms with E-state index in [2.05, 4.69) is 9.98 Å². The maximum Gasteiger partial charge on any atom is 0.245 e. The summed E-state index contributed by atoms with van der Waals surface area (Å²) in [5.74, 6) is 1.23. The van der Waals surface area contributed by atoms with Crippen molar-refractivity contribution in [1.29, 1.82) is 0 Å². The molecule has 16 heavy (non-hydrogen) atoms. The molecule has 0 saturated carbocycles. The molecule has 0 saturated heterocycles. The number of pyridine rings is 1. The number of fused-ring (bicyclic) bond motifs is 2. The highest BCUT2D eigenvalue weighted by atomic mass is 35.5. The second-order valence-electron chi connectivity index (χ2n) is 3.38. The third-order valence-electron chi connectivity index (χ3n) is 2.27. The summed E-state index contributed by atoms with van der Waals surface area (Å²) in [4.78, 5) is 8.40. The van der Waals surface area contributed by atoms with Crippen molar-refractivity contribution in [2.24, 2.45) is 4.99 Å². The molecule has 0 N–H and O–H groups in total. The van der Waals surface area contributed by atoms with Crippen LogP contribution in [0.4, 0.5) is 5.69 Å². The Kier molecular flexibility index (Phi) is 2.11. The van der Waals surface area contributed by atoms with Gasteiger partial charge in [0.05, 0.1) is 5.02 Å². The van der Waals surface area contributed by atoms with Gasteiger partial charge < -0.3 is 4.74 Å². The summed E-state index contributed by atoms with van der Waals surface area (Å²) in [6.45, 7) is 0. The molecule has 0 atom stereocenters. The van der Waals surface area contributed by atoms with Gasteiger partial charge >= 0.3 is 0 Å². The molecule has 0 fully saturated rings. The summed E-state index contributed by atoms with van der Waals surface area (Å²) in [6.07, 6.45) is 3.29. The Morgan fingerprint density at radius 2 is 2.06 bits per heavy atom. The van der Waals surface area contributed by atoms with Gasteiger partial charge in [0.2, 0.25) is 5.88 Å².